The predicted molar refractivity (Wildman–Crippen MR) is 181 cm³/mol. The second-order valence-electron chi connectivity index (χ2n) is 12.1. The number of aliphatic hydroxyl groups is 1. The summed E-state index contributed by atoms with van der Waals surface area (Å²) in [7, 11) is -0.122. The van der Waals surface area contributed by atoms with Gasteiger partial charge in [0.1, 0.15) is 15.7 Å². The lowest BCUT2D eigenvalue weighted by atomic mass is 10.0. The van der Waals surface area contributed by atoms with Gasteiger partial charge in [0.15, 0.2) is 0 Å². The SMILES string of the molecule is COc1ccc(CN(C)C[C@H]2OCCCC[C@@H](C)Oc3ccc(NS(=O)(=O)c4cccs4)cc3C(=O)N([C@@H](C)CO)C[C@@H]2C)cc1. The maximum Gasteiger partial charge on any atom is 0.271 e. The molecule has 0 bridgehead atoms. The average molecular weight is 674 g/mol. The summed E-state index contributed by atoms with van der Waals surface area (Å²) in [4.78, 5) is 18.2. The number of nitrogens with zero attached hydrogens (tertiary/aromatic N) is 2. The first kappa shape index (κ1) is 35.7. The first-order chi connectivity index (χ1) is 22.0. The van der Waals surface area contributed by atoms with Gasteiger partial charge in [-0.3, -0.25) is 14.4 Å². The molecule has 4 rings (SSSR count). The molecule has 0 spiro atoms. The van der Waals surface area contributed by atoms with Crippen LogP contribution in [0.5, 0.6) is 11.5 Å². The maximum absolute atomic E-state index is 14.3. The molecule has 0 saturated heterocycles. The van der Waals surface area contributed by atoms with E-state index in [0.29, 0.717) is 25.4 Å². The lowest BCUT2D eigenvalue weighted by Gasteiger charge is -2.36. The van der Waals surface area contributed by atoms with Gasteiger partial charge in [-0.05, 0) is 87.5 Å². The number of carbonyl (C=O) groups is 1. The van der Waals surface area contributed by atoms with Crippen molar-refractivity contribution in [2.45, 2.75) is 69.0 Å². The predicted octanol–water partition coefficient (Wildman–Crippen LogP) is 5.49. The monoisotopic (exact) mass is 673 g/mol. The Bertz CT molecular complexity index is 1500. The van der Waals surface area contributed by atoms with E-state index >= 15 is 0 Å². The molecule has 2 heterocycles. The summed E-state index contributed by atoms with van der Waals surface area (Å²) >= 11 is 1.11. The number of rotatable bonds is 10. The number of ether oxygens (including phenoxy) is 3. The van der Waals surface area contributed by atoms with E-state index in [-0.39, 0.29) is 46.1 Å². The number of thiophene rings is 1. The van der Waals surface area contributed by atoms with Gasteiger partial charge in [0.2, 0.25) is 0 Å². The minimum absolute atomic E-state index is 0.0805. The van der Waals surface area contributed by atoms with Crippen molar-refractivity contribution >= 4 is 33.0 Å². The van der Waals surface area contributed by atoms with E-state index in [9.17, 15) is 18.3 Å². The van der Waals surface area contributed by atoms with Crippen LogP contribution in [0.4, 0.5) is 5.69 Å². The van der Waals surface area contributed by atoms with Crippen molar-refractivity contribution < 1.29 is 32.5 Å². The topological polar surface area (TPSA) is 118 Å². The highest BCUT2D eigenvalue weighted by Crippen LogP contribution is 2.30. The largest absolute Gasteiger partial charge is 0.497 e. The molecule has 1 aliphatic rings. The van der Waals surface area contributed by atoms with E-state index in [0.717, 1.165) is 48.5 Å². The zero-order valence-corrected chi connectivity index (χ0v) is 29.0. The number of likely N-dealkylation sites (N-methyl/N-ethyl adjacent to an activating group) is 1. The van der Waals surface area contributed by atoms with Gasteiger partial charge in [0.05, 0.1) is 37.5 Å². The molecule has 1 aromatic heterocycles. The first-order valence-electron chi connectivity index (χ1n) is 15.7. The van der Waals surface area contributed by atoms with Crippen molar-refractivity contribution in [3.05, 3.63) is 71.1 Å². The van der Waals surface area contributed by atoms with Crippen molar-refractivity contribution in [1.29, 1.82) is 0 Å². The lowest BCUT2D eigenvalue weighted by molar-refractivity contribution is -0.0177. The van der Waals surface area contributed by atoms with E-state index in [2.05, 4.69) is 23.6 Å². The Morgan fingerprint density at radius 1 is 1.15 bits per heavy atom. The fourth-order valence-electron chi connectivity index (χ4n) is 5.48. The van der Waals surface area contributed by atoms with Crippen LogP contribution in [0.25, 0.3) is 0 Å². The Morgan fingerprint density at radius 2 is 1.91 bits per heavy atom. The van der Waals surface area contributed by atoms with Crippen LogP contribution in [0, 0.1) is 5.92 Å². The van der Waals surface area contributed by atoms with Crippen LogP contribution < -0.4 is 14.2 Å². The van der Waals surface area contributed by atoms with Gasteiger partial charge < -0.3 is 24.2 Å². The van der Waals surface area contributed by atoms with Gasteiger partial charge in [0.25, 0.3) is 15.9 Å². The van der Waals surface area contributed by atoms with Gasteiger partial charge in [-0.1, -0.05) is 25.1 Å². The summed E-state index contributed by atoms with van der Waals surface area (Å²) < 4.78 is 46.8. The first-order valence-corrected chi connectivity index (χ1v) is 18.1. The zero-order chi connectivity index (χ0) is 33.3. The summed E-state index contributed by atoms with van der Waals surface area (Å²) in [5.74, 6) is 0.757. The summed E-state index contributed by atoms with van der Waals surface area (Å²) in [5, 5.41) is 11.9. The Hall–Kier alpha value is -3.16. The van der Waals surface area contributed by atoms with Gasteiger partial charge in [0, 0.05) is 37.8 Å². The van der Waals surface area contributed by atoms with E-state index in [1.807, 2.05) is 31.2 Å². The number of anilines is 1. The van der Waals surface area contributed by atoms with Crippen molar-refractivity contribution in [3.8, 4) is 11.5 Å². The standard InChI is InChI=1S/C34H47N3O7S2/c1-24-20-37(25(2)23-38)34(39)30-19-28(35-46(40,41)33-10-8-18-45-33)13-16-31(30)44-26(3)9-6-7-17-43-32(24)22-36(4)21-27-11-14-29(42-5)15-12-27/h8,10-16,18-19,24-26,32,35,38H,6-7,9,17,20-23H2,1-5H3/t24-,25-,26+,32+/m0/s1. The van der Waals surface area contributed by atoms with E-state index in [4.69, 9.17) is 14.2 Å². The number of benzene rings is 2. The number of nitrogens with one attached hydrogen (secondary N) is 1. The molecule has 12 heteroatoms. The average Bonchev–Trinajstić information content (AvgIpc) is 3.59. The molecule has 0 saturated carbocycles. The Balaban J connectivity index is 1.61. The smallest absolute Gasteiger partial charge is 0.271 e. The molecule has 1 amide bonds. The van der Waals surface area contributed by atoms with Crippen molar-refractivity contribution in [3.63, 3.8) is 0 Å². The van der Waals surface area contributed by atoms with Crippen LogP contribution >= 0.6 is 11.3 Å². The van der Waals surface area contributed by atoms with E-state index in [1.54, 1.807) is 42.5 Å². The third kappa shape index (κ3) is 9.68. The summed E-state index contributed by atoms with van der Waals surface area (Å²) in [6.45, 7) is 7.86. The number of hydrogen-bond acceptors (Lipinski definition) is 9. The van der Waals surface area contributed by atoms with Gasteiger partial charge in [-0.25, -0.2) is 8.42 Å². The summed E-state index contributed by atoms with van der Waals surface area (Å²) in [6.07, 6.45) is 2.16. The number of carbonyl (C=O) groups excluding carboxylic acids is 1. The van der Waals surface area contributed by atoms with Crippen LogP contribution in [0.2, 0.25) is 0 Å². The van der Waals surface area contributed by atoms with Crippen molar-refractivity contribution in [2.75, 3.05) is 45.2 Å². The number of hydrogen-bond donors (Lipinski definition) is 2. The van der Waals surface area contributed by atoms with Crippen LogP contribution in [0.1, 0.15) is 56.0 Å². The van der Waals surface area contributed by atoms with Crippen LogP contribution in [0.3, 0.4) is 0 Å². The zero-order valence-electron chi connectivity index (χ0n) is 27.3. The number of aliphatic hydroxyl groups excluding tert-OH is 1. The number of fused-ring (bicyclic) bond motifs is 1. The van der Waals surface area contributed by atoms with Crippen LogP contribution in [-0.2, 0) is 21.3 Å². The summed E-state index contributed by atoms with van der Waals surface area (Å²) in [5.41, 5.74) is 1.64. The molecule has 10 nitrogen and oxygen atoms in total. The van der Waals surface area contributed by atoms with Gasteiger partial charge in [-0.15, -0.1) is 11.3 Å². The highest BCUT2D eigenvalue weighted by Gasteiger charge is 2.31. The molecule has 2 aromatic carbocycles. The molecule has 0 unspecified atom stereocenters. The van der Waals surface area contributed by atoms with E-state index < -0.39 is 16.1 Å². The Kier molecular flexibility index (Phi) is 12.9. The number of sulfonamides is 1. The molecule has 46 heavy (non-hydrogen) atoms. The van der Waals surface area contributed by atoms with Crippen LogP contribution in [0.15, 0.2) is 64.2 Å². The minimum Gasteiger partial charge on any atom is -0.497 e. The van der Waals surface area contributed by atoms with E-state index in [1.165, 1.54) is 12.1 Å². The lowest BCUT2D eigenvalue weighted by Crippen LogP contribution is -2.47. The molecule has 2 N–H and O–H groups in total. The fourth-order valence-corrected chi connectivity index (χ4v) is 7.53. The molecule has 0 radical (unpaired) electrons. The third-order valence-corrected chi connectivity index (χ3v) is 10.9. The molecule has 3 aromatic rings. The molecule has 4 atom stereocenters. The Labute approximate surface area is 277 Å². The van der Waals surface area contributed by atoms with Gasteiger partial charge >= 0.3 is 0 Å². The Morgan fingerprint density at radius 3 is 2.59 bits per heavy atom. The highest BCUT2D eigenvalue weighted by molar-refractivity contribution is 7.94. The molecule has 0 fully saturated rings. The summed E-state index contributed by atoms with van der Waals surface area (Å²) in [6, 6.07) is 15.5. The fraction of sp³-hybridized carbons (Fsp3) is 0.500. The quantitative estimate of drug-likeness (QED) is 0.291. The number of methoxy groups -OCH3 is 1. The molecule has 0 aliphatic carbocycles. The molecule has 252 valence electrons. The van der Waals surface area contributed by atoms with Crippen molar-refractivity contribution in [1.82, 2.24) is 9.80 Å². The molecule has 1 aliphatic heterocycles. The highest BCUT2D eigenvalue weighted by atomic mass is 32.2. The van der Waals surface area contributed by atoms with Crippen LogP contribution in [-0.4, -0.2) is 87.9 Å². The normalized spacial score (nSPS) is 20.8. The third-order valence-electron chi connectivity index (χ3n) is 8.17. The molecular formula is C34H47N3O7S2. The second kappa shape index (κ2) is 16.6. The number of amides is 1. The van der Waals surface area contributed by atoms with Gasteiger partial charge in [-0.2, -0.15) is 0 Å². The minimum atomic E-state index is -3.83. The molecular weight excluding hydrogens is 627 g/mol. The second-order valence-corrected chi connectivity index (χ2v) is 15.0. The van der Waals surface area contributed by atoms with Crippen molar-refractivity contribution in [2.24, 2.45) is 5.92 Å². The maximum atomic E-state index is 14.3.